The van der Waals surface area contributed by atoms with Crippen LogP contribution in [0.4, 0.5) is 23.1 Å². The maximum Gasteiger partial charge on any atom is 0.308 e. The van der Waals surface area contributed by atoms with E-state index in [1.54, 1.807) is 0 Å². The highest BCUT2D eigenvalue weighted by Crippen LogP contribution is 2.34. The maximum absolute atomic E-state index is 8.67. The zero-order chi connectivity index (χ0) is 25.6. The third-order valence-corrected chi connectivity index (χ3v) is 4.98. The number of nitrogens with zero attached hydrogens (tertiary/aromatic N) is 5. The van der Waals surface area contributed by atoms with Crippen LogP contribution in [0.5, 0.6) is 0 Å². The van der Waals surface area contributed by atoms with Gasteiger partial charge in [0, 0.05) is 40.6 Å². The third kappa shape index (κ3) is 6.97. The number of hydrogen-bond acceptors (Lipinski definition) is 8. The van der Waals surface area contributed by atoms with Crippen molar-refractivity contribution in [3.05, 3.63) is 84.6 Å². The lowest BCUT2D eigenvalue weighted by molar-refractivity contribution is 0.554. The van der Waals surface area contributed by atoms with Crippen molar-refractivity contribution in [3.8, 4) is 5.69 Å². The van der Waals surface area contributed by atoms with E-state index in [-0.39, 0.29) is 5.54 Å². The van der Waals surface area contributed by atoms with E-state index in [4.69, 9.17) is 18.2 Å². The van der Waals surface area contributed by atoms with Gasteiger partial charge in [-0.1, -0.05) is 18.2 Å². The molecule has 35 heavy (non-hydrogen) atoms. The number of hydrogen-bond donors (Lipinski definition) is 2. The molecule has 2 aromatic heterocycles. The molecule has 0 aliphatic carbocycles. The van der Waals surface area contributed by atoms with Crippen molar-refractivity contribution in [2.45, 2.75) is 40.2 Å². The maximum atomic E-state index is 8.67. The molecule has 9 nitrogen and oxygen atoms in total. The van der Waals surface area contributed by atoms with Gasteiger partial charge in [0.15, 0.2) is 0 Å². The summed E-state index contributed by atoms with van der Waals surface area (Å²) in [5.74, 6) is 1.46. The van der Waals surface area contributed by atoms with Gasteiger partial charge >= 0.3 is 10.5 Å². The number of anilines is 4. The van der Waals surface area contributed by atoms with Crippen molar-refractivity contribution < 1.29 is 8.42 Å². The Morgan fingerprint density at radius 1 is 0.971 bits per heavy atom. The highest BCUT2D eigenvalue weighted by atomic mass is 32.2. The molecule has 2 aromatic carbocycles. The lowest BCUT2D eigenvalue weighted by atomic mass is 10.0. The van der Waals surface area contributed by atoms with E-state index in [0.29, 0.717) is 5.95 Å². The number of nitrogens with one attached hydrogen (secondary N) is 2. The largest absolute Gasteiger partial charge is 0.324 e. The Balaban J connectivity index is 0.000000795. The fourth-order valence-corrected chi connectivity index (χ4v) is 3.53. The zero-order valence-electron chi connectivity index (χ0n) is 20.4. The molecule has 0 amide bonds. The van der Waals surface area contributed by atoms with Gasteiger partial charge in [-0.05, 0) is 71.0 Å². The molecule has 2 N–H and O–H groups in total. The normalized spacial score (nSPS) is 10.8. The first kappa shape index (κ1) is 25.6. The van der Waals surface area contributed by atoms with Crippen molar-refractivity contribution in [3.63, 3.8) is 0 Å². The van der Waals surface area contributed by atoms with Gasteiger partial charge in [-0.25, -0.2) is 9.97 Å². The van der Waals surface area contributed by atoms with Gasteiger partial charge in [0.1, 0.15) is 5.82 Å². The van der Waals surface area contributed by atoms with Crippen LogP contribution in [0.3, 0.4) is 0 Å². The van der Waals surface area contributed by atoms with Crippen LogP contribution in [0.15, 0.2) is 73.3 Å². The molecule has 0 saturated heterocycles. The molecule has 0 spiro atoms. The fourth-order valence-electron chi connectivity index (χ4n) is 3.53. The van der Waals surface area contributed by atoms with Gasteiger partial charge in [-0.2, -0.15) is 18.2 Å². The van der Waals surface area contributed by atoms with Crippen molar-refractivity contribution in [2.24, 2.45) is 0 Å². The molecule has 4 aromatic rings. The summed E-state index contributed by atoms with van der Waals surface area (Å²) in [6.07, 6.45) is 5.69. The number of aromatic nitrogens is 4. The summed E-state index contributed by atoms with van der Waals surface area (Å²) in [7, 11) is -2.61. The van der Waals surface area contributed by atoms with E-state index in [9.17, 15) is 0 Å². The molecule has 2 heterocycles. The Morgan fingerprint density at radius 2 is 1.60 bits per heavy atom. The first-order chi connectivity index (χ1) is 16.5. The molecule has 4 rings (SSSR count). The summed E-state index contributed by atoms with van der Waals surface area (Å²) < 4.78 is 24.8. The van der Waals surface area contributed by atoms with E-state index in [0.717, 1.165) is 34.1 Å². The van der Waals surface area contributed by atoms with Crippen LogP contribution in [0.2, 0.25) is 0 Å². The summed E-state index contributed by atoms with van der Waals surface area (Å²) in [6, 6.07) is 18.5. The van der Waals surface area contributed by atoms with Crippen molar-refractivity contribution in [1.82, 2.24) is 19.5 Å². The predicted octanol–water partition coefficient (Wildman–Crippen LogP) is 5.59. The van der Waals surface area contributed by atoms with Crippen LogP contribution < -0.4 is 10.2 Å². The van der Waals surface area contributed by atoms with Crippen LogP contribution >= 0.6 is 0 Å². The van der Waals surface area contributed by atoms with E-state index in [2.05, 4.69) is 53.1 Å². The summed E-state index contributed by atoms with van der Waals surface area (Å²) in [6.45, 7) is 10.6. The molecule has 0 atom stereocenters. The van der Waals surface area contributed by atoms with Crippen LogP contribution in [0.1, 0.15) is 32.0 Å². The first-order valence-corrected chi connectivity index (χ1v) is 12.0. The second kappa shape index (κ2) is 10.9. The minimum Gasteiger partial charge on any atom is -0.324 e. The molecular weight excluding hydrogens is 462 g/mol. The molecule has 182 valence electrons. The Hall–Kier alpha value is -4.05. The Kier molecular flexibility index (Phi) is 7.98. The number of para-hydroxylation sites is 1. The van der Waals surface area contributed by atoms with Crippen molar-refractivity contribution in [1.29, 1.82) is 4.78 Å². The quantitative estimate of drug-likeness (QED) is 0.374. The van der Waals surface area contributed by atoms with E-state index in [1.807, 2.05) is 79.6 Å². The lowest BCUT2D eigenvalue weighted by Gasteiger charge is -2.37. The number of rotatable bonds is 5. The van der Waals surface area contributed by atoms with Crippen LogP contribution in [0, 0.1) is 18.6 Å². The average Bonchev–Trinajstić information content (AvgIpc) is 3.22. The summed E-state index contributed by atoms with van der Waals surface area (Å²) in [5.41, 5.74) is 4.95. The molecule has 0 fully saturated rings. The van der Waals surface area contributed by atoms with Gasteiger partial charge < -0.3 is 14.8 Å². The molecule has 0 aliphatic rings. The zero-order valence-corrected chi connectivity index (χ0v) is 21.2. The summed E-state index contributed by atoms with van der Waals surface area (Å²) in [5, 5.41) is 3.34. The SMILES string of the molecule is Cc1cn(-c2ccc(Nc3ncc(C)c(N(c4ccccc4)C(C)(C)C)n3)cc2)cn1.N=S(=O)=O. The summed E-state index contributed by atoms with van der Waals surface area (Å²) >= 11 is 0. The predicted molar refractivity (Wildman–Crippen MR) is 138 cm³/mol. The van der Waals surface area contributed by atoms with Crippen LogP contribution in [0.25, 0.3) is 5.69 Å². The Morgan fingerprint density at radius 3 is 2.14 bits per heavy atom. The fraction of sp³-hybridized carbons (Fsp3) is 0.240. The second-order valence-electron chi connectivity index (χ2n) is 8.87. The first-order valence-electron chi connectivity index (χ1n) is 10.9. The molecule has 0 bridgehead atoms. The Labute approximate surface area is 207 Å². The highest BCUT2D eigenvalue weighted by Gasteiger charge is 2.26. The van der Waals surface area contributed by atoms with Crippen LogP contribution in [-0.2, 0) is 10.5 Å². The standard InChI is InChI=1S/C25H28N6.HNO2S/c1-18-15-26-24(28-20-11-13-21(14-12-20)30-16-19(2)27-17-30)29-23(18)31(25(3,4)5)22-9-7-6-8-10-22;1-4(2)3/h6-17H,1-5H3,(H,26,28,29);1H. The van der Waals surface area contributed by atoms with E-state index < -0.39 is 10.5 Å². The molecular formula is C25H29N7O2S. The van der Waals surface area contributed by atoms with Gasteiger partial charge in [-0.15, -0.1) is 0 Å². The second-order valence-corrected chi connectivity index (χ2v) is 9.34. The third-order valence-electron chi connectivity index (χ3n) is 4.98. The topological polar surface area (TPSA) is 117 Å². The van der Waals surface area contributed by atoms with Gasteiger partial charge in [0.05, 0.1) is 12.0 Å². The highest BCUT2D eigenvalue weighted by molar-refractivity contribution is 7.60. The number of aryl methyl sites for hydroxylation is 2. The van der Waals surface area contributed by atoms with Crippen molar-refractivity contribution in [2.75, 3.05) is 10.2 Å². The monoisotopic (exact) mass is 491 g/mol. The lowest BCUT2D eigenvalue weighted by Crippen LogP contribution is -2.38. The molecule has 0 aliphatic heterocycles. The minimum absolute atomic E-state index is 0.150. The smallest absolute Gasteiger partial charge is 0.308 e. The average molecular weight is 492 g/mol. The number of benzene rings is 2. The van der Waals surface area contributed by atoms with E-state index in [1.165, 1.54) is 0 Å². The molecule has 10 heteroatoms. The Bertz CT molecular complexity index is 1370. The van der Waals surface area contributed by atoms with E-state index >= 15 is 0 Å². The molecule has 0 saturated carbocycles. The van der Waals surface area contributed by atoms with Crippen molar-refractivity contribution >= 4 is 33.6 Å². The van der Waals surface area contributed by atoms with Crippen LogP contribution in [-0.4, -0.2) is 33.5 Å². The molecule has 0 unspecified atom stereocenters. The molecule has 0 radical (unpaired) electrons. The minimum atomic E-state index is -2.61. The van der Waals surface area contributed by atoms with Gasteiger partial charge in [0.2, 0.25) is 5.95 Å². The summed E-state index contributed by atoms with van der Waals surface area (Å²) in [4.78, 5) is 15.9. The number of imidazole rings is 1. The van der Waals surface area contributed by atoms with Gasteiger partial charge in [-0.3, -0.25) is 0 Å². The van der Waals surface area contributed by atoms with Gasteiger partial charge in [0.25, 0.3) is 0 Å².